The van der Waals surface area contributed by atoms with Crippen LogP contribution < -0.4 is 21.7 Å². The zero-order chi connectivity index (χ0) is 24.7. The molecule has 0 saturated carbocycles. The van der Waals surface area contributed by atoms with Gasteiger partial charge in [-0.2, -0.15) is 0 Å². The van der Waals surface area contributed by atoms with Crippen molar-refractivity contribution < 1.29 is 23.6 Å². The number of aromatic amines is 1. The van der Waals surface area contributed by atoms with Crippen LogP contribution in [0.25, 0.3) is 10.9 Å². The number of hydrogen-bond acceptors (Lipinski definition) is 4. The SMILES string of the molecule is CC(=O)N[C@H](Cc1c[nH]c2cc(F)ccc12)C(=O)N[C@@H](Cc1ccccc1)C(=O)NCC(N)=O. The fraction of sp³-hybridized carbons (Fsp3) is 0.250. The lowest BCUT2D eigenvalue weighted by Crippen LogP contribution is -2.55. The Morgan fingerprint density at radius 2 is 1.68 bits per heavy atom. The lowest BCUT2D eigenvalue weighted by molar-refractivity contribution is -0.132. The van der Waals surface area contributed by atoms with Crippen molar-refractivity contribution in [1.29, 1.82) is 0 Å². The highest BCUT2D eigenvalue weighted by atomic mass is 19.1. The molecular weight excluding hydrogens is 441 g/mol. The number of hydrogen-bond donors (Lipinski definition) is 5. The van der Waals surface area contributed by atoms with Crippen molar-refractivity contribution in [2.75, 3.05) is 6.54 Å². The Kier molecular flexibility index (Phi) is 7.96. The van der Waals surface area contributed by atoms with Crippen molar-refractivity contribution in [2.24, 2.45) is 5.73 Å². The van der Waals surface area contributed by atoms with E-state index in [1.54, 1.807) is 36.5 Å². The molecule has 0 bridgehead atoms. The molecule has 10 heteroatoms. The maximum absolute atomic E-state index is 13.5. The van der Waals surface area contributed by atoms with Crippen LogP contribution in [0.3, 0.4) is 0 Å². The van der Waals surface area contributed by atoms with E-state index < -0.39 is 41.5 Å². The summed E-state index contributed by atoms with van der Waals surface area (Å²) in [4.78, 5) is 51.7. The molecule has 0 fully saturated rings. The molecule has 1 heterocycles. The Morgan fingerprint density at radius 3 is 2.35 bits per heavy atom. The number of benzene rings is 2. The van der Waals surface area contributed by atoms with Gasteiger partial charge in [-0.3, -0.25) is 19.2 Å². The van der Waals surface area contributed by atoms with Gasteiger partial charge in [0.15, 0.2) is 0 Å². The van der Waals surface area contributed by atoms with Crippen molar-refractivity contribution in [3.05, 3.63) is 71.7 Å². The second kappa shape index (κ2) is 11.1. The van der Waals surface area contributed by atoms with Gasteiger partial charge >= 0.3 is 0 Å². The molecule has 0 saturated heterocycles. The van der Waals surface area contributed by atoms with Crippen molar-refractivity contribution in [1.82, 2.24) is 20.9 Å². The normalized spacial score (nSPS) is 12.5. The van der Waals surface area contributed by atoms with Crippen LogP contribution in [0.1, 0.15) is 18.1 Å². The monoisotopic (exact) mass is 467 g/mol. The Labute approximate surface area is 195 Å². The lowest BCUT2D eigenvalue weighted by atomic mass is 10.0. The summed E-state index contributed by atoms with van der Waals surface area (Å²) in [7, 11) is 0. The van der Waals surface area contributed by atoms with Crippen LogP contribution in [0.15, 0.2) is 54.7 Å². The van der Waals surface area contributed by atoms with Crippen LogP contribution in [0, 0.1) is 5.82 Å². The fourth-order valence-electron chi connectivity index (χ4n) is 3.63. The van der Waals surface area contributed by atoms with Gasteiger partial charge in [0.25, 0.3) is 0 Å². The molecule has 9 nitrogen and oxygen atoms in total. The van der Waals surface area contributed by atoms with E-state index in [0.717, 1.165) is 5.56 Å². The summed E-state index contributed by atoms with van der Waals surface area (Å²) < 4.78 is 13.5. The number of amides is 4. The number of nitrogens with one attached hydrogen (secondary N) is 4. The summed E-state index contributed by atoms with van der Waals surface area (Å²) in [5, 5.41) is 8.40. The molecule has 4 amide bonds. The molecule has 6 N–H and O–H groups in total. The molecule has 3 rings (SSSR count). The minimum Gasteiger partial charge on any atom is -0.368 e. The molecule has 34 heavy (non-hydrogen) atoms. The molecule has 0 aliphatic rings. The van der Waals surface area contributed by atoms with Crippen LogP contribution in [-0.4, -0.2) is 47.2 Å². The molecule has 0 unspecified atom stereocenters. The second-order valence-electron chi connectivity index (χ2n) is 7.90. The molecule has 0 spiro atoms. The summed E-state index contributed by atoms with van der Waals surface area (Å²) in [5.41, 5.74) is 7.16. The first-order chi connectivity index (χ1) is 16.2. The van der Waals surface area contributed by atoms with Gasteiger partial charge in [0, 0.05) is 36.9 Å². The number of halogens is 1. The average molecular weight is 468 g/mol. The third-order valence-corrected chi connectivity index (χ3v) is 5.20. The predicted molar refractivity (Wildman–Crippen MR) is 124 cm³/mol. The molecule has 178 valence electrons. The van der Waals surface area contributed by atoms with Gasteiger partial charge in [-0.05, 0) is 29.3 Å². The topological polar surface area (TPSA) is 146 Å². The number of fused-ring (bicyclic) bond motifs is 1. The summed E-state index contributed by atoms with van der Waals surface area (Å²) in [6, 6.07) is 11.3. The Hall–Kier alpha value is -4.21. The van der Waals surface area contributed by atoms with E-state index in [9.17, 15) is 23.6 Å². The summed E-state index contributed by atoms with van der Waals surface area (Å²) in [6.45, 7) is 0.910. The minimum absolute atomic E-state index is 0.109. The third-order valence-electron chi connectivity index (χ3n) is 5.20. The number of carbonyl (C=O) groups is 4. The first-order valence-corrected chi connectivity index (χ1v) is 10.7. The summed E-state index contributed by atoms with van der Waals surface area (Å²) in [5.74, 6) is -2.71. The first-order valence-electron chi connectivity index (χ1n) is 10.7. The van der Waals surface area contributed by atoms with Crippen LogP contribution in [0.4, 0.5) is 4.39 Å². The van der Waals surface area contributed by atoms with Crippen LogP contribution in [0.5, 0.6) is 0 Å². The quantitative estimate of drug-likeness (QED) is 0.298. The predicted octanol–water partition coefficient (Wildman–Crippen LogP) is 0.683. The van der Waals surface area contributed by atoms with Gasteiger partial charge in [0.1, 0.15) is 17.9 Å². The van der Waals surface area contributed by atoms with Crippen LogP contribution in [-0.2, 0) is 32.0 Å². The number of primary amides is 1. The van der Waals surface area contributed by atoms with Gasteiger partial charge in [-0.1, -0.05) is 30.3 Å². The highest BCUT2D eigenvalue weighted by Gasteiger charge is 2.27. The molecule has 1 aromatic heterocycles. The molecule has 2 aromatic carbocycles. The Bertz CT molecular complexity index is 1190. The van der Waals surface area contributed by atoms with Gasteiger partial charge in [-0.15, -0.1) is 0 Å². The van der Waals surface area contributed by atoms with Gasteiger partial charge in [-0.25, -0.2) is 4.39 Å². The van der Waals surface area contributed by atoms with Crippen molar-refractivity contribution >= 4 is 34.5 Å². The maximum atomic E-state index is 13.5. The number of carbonyl (C=O) groups excluding carboxylic acids is 4. The van der Waals surface area contributed by atoms with E-state index >= 15 is 0 Å². The number of H-pyrrole nitrogens is 1. The van der Waals surface area contributed by atoms with Crippen LogP contribution >= 0.6 is 0 Å². The smallest absolute Gasteiger partial charge is 0.243 e. The van der Waals surface area contributed by atoms with E-state index in [-0.39, 0.29) is 19.4 Å². The minimum atomic E-state index is -1.01. The highest BCUT2D eigenvalue weighted by molar-refractivity contribution is 5.94. The zero-order valence-corrected chi connectivity index (χ0v) is 18.6. The highest BCUT2D eigenvalue weighted by Crippen LogP contribution is 2.20. The maximum Gasteiger partial charge on any atom is 0.243 e. The van der Waals surface area contributed by atoms with E-state index in [2.05, 4.69) is 20.9 Å². The van der Waals surface area contributed by atoms with E-state index in [4.69, 9.17) is 5.73 Å². The summed E-state index contributed by atoms with van der Waals surface area (Å²) in [6.07, 6.45) is 1.92. The van der Waals surface area contributed by atoms with E-state index in [1.807, 2.05) is 6.07 Å². The molecule has 3 aromatic rings. The lowest BCUT2D eigenvalue weighted by Gasteiger charge is -2.23. The number of rotatable bonds is 10. The molecule has 0 aliphatic carbocycles. The van der Waals surface area contributed by atoms with Crippen molar-refractivity contribution in [2.45, 2.75) is 31.8 Å². The molecular formula is C24H26FN5O4. The molecule has 2 atom stereocenters. The van der Waals surface area contributed by atoms with Crippen molar-refractivity contribution in [3.8, 4) is 0 Å². The Morgan fingerprint density at radius 1 is 0.971 bits per heavy atom. The summed E-state index contributed by atoms with van der Waals surface area (Å²) >= 11 is 0. The standard InChI is InChI=1S/C24H26FN5O4/c1-14(31)29-21(10-16-12-27-19-11-17(25)7-8-18(16)19)24(34)30-20(23(33)28-13-22(26)32)9-15-5-3-2-4-6-15/h2-8,11-12,20-21,27H,9-10,13H2,1H3,(H2,26,32)(H,28,33)(H,29,31)(H,30,34)/t20-,21+/m0/s1. The second-order valence-corrected chi connectivity index (χ2v) is 7.90. The Balaban J connectivity index is 1.81. The van der Waals surface area contributed by atoms with Gasteiger partial charge in [0.2, 0.25) is 23.6 Å². The zero-order valence-electron chi connectivity index (χ0n) is 18.6. The largest absolute Gasteiger partial charge is 0.368 e. The number of aromatic nitrogens is 1. The third kappa shape index (κ3) is 6.64. The molecule has 0 aliphatic heterocycles. The van der Waals surface area contributed by atoms with Crippen LogP contribution in [0.2, 0.25) is 0 Å². The van der Waals surface area contributed by atoms with Gasteiger partial charge in [0.05, 0.1) is 6.54 Å². The van der Waals surface area contributed by atoms with Gasteiger partial charge < -0.3 is 26.7 Å². The van der Waals surface area contributed by atoms with Crippen molar-refractivity contribution in [3.63, 3.8) is 0 Å². The van der Waals surface area contributed by atoms with E-state index in [0.29, 0.717) is 16.5 Å². The van der Waals surface area contributed by atoms with E-state index in [1.165, 1.54) is 19.1 Å². The first kappa shape index (κ1) is 24.4. The average Bonchev–Trinajstić information content (AvgIpc) is 3.18. The fourth-order valence-corrected chi connectivity index (χ4v) is 3.63. The molecule has 0 radical (unpaired) electrons. The number of nitrogens with two attached hydrogens (primary N) is 1.